The first kappa shape index (κ1) is 18.6. The zero-order chi connectivity index (χ0) is 18.5. The van der Waals surface area contributed by atoms with Gasteiger partial charge in [-0.15, -0.1) is 10.2 Å². The van der Waals surface area contributed by atoms with Gasteiger partial charge in [-0.05, 0) is 46.7 Å². The van der Waals surface area contributed by atoms with E-state index in [2.05, 4.69) is 41.5 Å². The van der Waals surface area contributed by atoms with Crippen LogP contribution < -0.4 is 5.32 Å². The summed E-state index contributed by atoms with van der Waals surface area (Å²) in [6, 6.07) is 0. The molecule has 0 spiro atoms. The number of carbonyl (C=O) groups excluding carboxylic acids is 1. The Morgan fingerprint density at radius 1 is 1.27 bits per heavy atom. The molecular weight excluding hydrogens is 330 g/mol. The lowest BCUT2D eigenvalue weighted by molar-refractivity contribution is -0.122. The molecule has 0 unspecified atom stereocenters. The Labute approximate surface area is 154 Å². The first-order valence-corrected chi connectivity index (χ1v) is 9.51. The molecule has 26 heavy (non-hydrogen) atoms. The predicted molar refractivity (Wildman–Crippen MR) is 98.9 cm³/mol. The molecule has 1 N–H and O–H groups in total. The number of hydrogen-bond donors (Lipinski definition) is 1. The van der Waals surface area contributed by atoms with Crippen LogP contribution >= 0.6 is 0 Å². The Balaban J connectivity index is 1.63. The number of imidazole rings is 1. The fourth-order valence-electron chi connectivity index (χ4n) is 3.64. The van der Waals surface area contributed by atoms with Crippen molar-refractivity contribution in [1.29, 1.82) is 0 Å². The van der Waals surface area contributed by atoms with E-state index in [-0.39, 0.29) is 5.91 Å². The van der Waals surface area contributed by atoms with Crippen LogP contribution in [0.25, 0.3) is 0 Å². The normalized spacial score (nSPS) is 16.1. The third-order valence-corrected chi connectivity index (χ3v) is 5.10. The van der Waals surface area contributed by atoms with Crippen LogP contribution in [0.4, 0.5) is 0 Å². The number of nitrogens with one attached hydrogen (secondary N) is 1. The molecule has 3 heterocycles. The first-order chi connectivity index (χ1) is 12.6. The van der Waals surface area contributed by atoms with Crippen molar-refractivity contribution in [2.45, 2.75) is 52.6 Å². The molecule has 8 nitrogen and oxygen atoms in total. The number of rotatable bonds is 7. The molecule has 1 aliphatic rings. The Bertz CT molecular complexity index is 728. The summed E-state index contributed by atoms with van der Waals surface area (Å²) in [4.78, 5) is 18.3. The van der Waals surface area contributed by atoms with Crippen molar-refractivity contribution >= 4 is 5.91 Å². The average molecular weight is 359 g/mol. The van der Waals surface area contributed by atoms with Crippen LogP contribution in [-0.2, 0) is 17.9 Å². The predicted octanol–water partition coefficient (Wildman–Crippen LogP) is 1.17. The minimum atomic E-state index is 0.112. The molecule has 3 rings (SSSR count). The molecule has 0 radical (unpaired) electrons. The van der Waals surface area contributed by atoms with Crippen LogP contribution in [0.2, 0.25) is 0 Å². The lowest BCUT2D eigenvalue weighted by Crippen LogP contribution is -2.41. The lowest BCUT2D eigenvalue weighted by Gasteiger charge is -2.31. The Kier molecular flexibility index (Phi) is 6.03. The second kappa shape index (κ2) is 8.44. The highest BCUT2D eigenvalue weighted by Crippen LogP contribution is 2.27. The second-order valence-corrected chi connectivity index (χ2v) is 6.82. The molecule has 1 aliphatic heterocycles. The van der Waals surface area contributed by atoms with Crippen molar-refractivity contribution in [3.63, 3.8) is 0 Å². The third-order valence-electron chi connectivity index (χ3n) is 5.10. The van der Waals surface area contributed by atoms with Gasteiger partial charge in [0.1, 0.15) is 11.6 Å². The molecule has 0 atom stereocenters. The van der Waals surface area contributed by atoms with Gasteiger partial charge in [0, 0.05) is 31.4 Å². The van der Waals surface area contributed by atoms with Crippen molar-refractivity contribution in [3.8, 4) is 0 Å². The summed E-state index contributed by atoms with van der Waals surface area (Å²) in [6.45, 7) is 10.7. The van der Waals surface area contributed by atoms with E-state index >= 15 is 0 Å². The van der Waals surface area contributed by atoms with Crippen LogP contribution in [0.5, 0.6) is 0 Å². The van der Waals surface area contributed by atoms with Gasteiger partial charge in [-0.2, -0.15) is 0 Å². The maximum atomic E-state index is 11.8. The maximum Gasteiger partial charge on any atom is 0.234 e. The third kappa shape index (κ3) is 4.12. The zero-order valence-electron chi connectivity index (χ0n) is 16.0. The SMILES string of the molecule is CCNC(=O)CN1CCC(c2nnc(Cn3ccnc3C)n2CC)CC1. The van der Waals surface area contributed by atoms with Gasteiger partial charge in [0.05, 0.1) is 13.1 Å². The van der Waals surface area contributed by atoms with Crippen molar-refractivity contribution < 1.29 is 4.79 Å². The minimum Gasteiger partial charge on any atom is -0.355 e. The summed E-state index contributed by atoms with van der Waals surface area (Å²) >= 11 is 0. The monoisotopic (exact) mass is 359 g/mol. The average Bonchev–Trinajstić information content (AvgIpc) is 3.22. The zero-order valence-corrected chi connectivity index (χ0v) is 16.0. The highest BCUT2D eigenvalue weighted by molar-refractivity contribution is 5.77. The summed E-state index contributed by atoms with van der Waals surface area (Å²) in [5.74, 6) is 3.56. The molecular formula is C18H29N7O. The topological polar surface area (TPSA) is 80.9 Å². The molecule has 0 aromatic carbocycles. The standard InChI is InChI=1S/C18H29N7O/c1-4-19-17(26)13-23-9-6-15(7-10-23)18-22-21-16(25(18)5-2)12-24-11-8-20-14(24)3/h8,11,15H,4-7,9-10,12-13H2,1-3H3,(H,19,26). The summed E-state index contributed by atoms with van der Waals surface area (Å²) in [6.07, 6.45) is 5.82. The summed E-state index contributed by atoms with van der Waals surface area (Å²) < 4.78 is 4.33. The van der Waals surface area contributed by atoms with Gasteiger partial charge in [0.2, 0.25) is 5.91 Å². The van der Waals surface area contributed by atoms with E-state index in [1.807, 2.05) is 26.2 Å². The van der Waals surface area contributed by atoms with E-state index in [0.29, 0.717) is 25.6 Å². The Morgan fingerprint density at radius 2 is 2.04 bits per heavy atom. The largest absolute Gasteiger partial charge is 0.355 e. The molecule has 142 valence electrons. The van der Waals surface area contributed by atoms with Crippen molar-refractivity contribution in [2.24, 2.45) is 0 Å². The molecule has 1 amide bonds. The number of aromatic nitrogens is 5. The van der Waals surface area contributed by atoms with E-state index in [4.69, 9.17) is 0 Å². The van der Waals surface area contributed by atoms with Crippen LogP contribution in [0.15, 0.2) is 12.4 Å². The van der Waals surface area contributed by atoms with Crippen LogP contribution in [0.3, 0.4) is 0 Å². The quantitative estimate of drug-likeness (QED) is 0.802. The molecule has 0 aliphatic carbocycles. The van der Waals surface area contributed by atoms with E-state index in [0.717, 1.165) is 49.9 Å². The fraction of sp³-hybridized carbons (Fsp3) is 0.667. The molecule has 0 saturated carbocycles. The van der Waals surface area contributed by atoms with Crippen molar-refractivity contribution in [1.82, 2.24) is 34.5 Å². The van der Waals surface area contributed by atoms with Gasteiger partial charge < -0.3 is 14.5 Å². The van der Waals surface area contributed by atoms with Crippen molar-refractivity contribution in [3.05, 3.63) is 29.9 Å². The van der Waals surface area contributed by atoms with Crippen molar-refractivity contribution in [2.75, 3.05) is 26.2 Å². The van der Waals surface area contributed by atoms with Gasteiger partial charge >= 0.3 is 0 Å². The van der Waals surface area contributed by atoms with Crippen LogP contribution in [0.1, 0.15) is 50.1 Å². The number of carbonyl (C=O) groups is 1. The van der Waals surface area contributed by atoms with Gasteiger partial charge in [-0.1, -0.05) is 0 Å². The van der Waals surface area contributed by atoms with Gasteiger partial charge in [0.25, 0.3) is 0 Å². The molecule has 2 aromatic rings. The highest BCUT2D eigenvalue weighted by Gasteiger charge is 2.26. The number of likely N-dealkylation sites (tertiary alicyclic amines) is 1. The second-order valence-electron chi connectivity index (χ2n) is 6.82. The van der Waals surface area contributed by atoms with Gasteiger partial charge in [-0.25, -0.2) is 4.98 Å². The molecule has 2 aromatic heterocycles. The molecule has 1 fully saturated rings. The van der Waals surface area contributed by atoms with Crippen LogP contribution in [0, 0.1) is 6.92 Å². The maximum absolute atomic E-state index is 11.8. The molecule has 0 bridgehead atoms. The summed E-state index contributed by atoms with van der Waals surface area (Å²) in [5.41, 5.74) is 0. The smallest absolute Gasteiger partial charge is 0.234 e. The Morgan fingerprint density at radius 3 is 2.65 bits per heavy atom. The van der Waals surface area contributed by atoms with Crippen LogP contribution in [-0.4, -0.2) is 61.3 Å². The summed E-state index contributed by atoms with van der Waals surface area (Å²) in [5, 5.41) is 11.8. The number of nitrogens with zero attached hydrogens (tertiary/aromatic N) is 6. The minimum absolute atomic E-state index is 0.112. The van der Waals surface area contributed by atoms with Gasteiger partial charge in [0.15, 0.2) is 5.82 Å². The Hall–Kier alpha value is -2.22. The first-order valence-electron chi connectivity index (χ1n) is 9.51. The summed E-state index contributed by atoms with van der Waals surface area (Å²) in [7, 11) is 0. The molecule has 1 saturated heterocycles. The fourth-order valence-corrected chi connectivity index (χ4v) is 3.64. The number of piperidine rings is 1. The van der Waals surface area contributed by atoms with E-state index < -0.39 is 0 Å². The van der Waals surface area contributed by atoms with E-state index in [1.54, 1.807) is 0 Å². The van der Waals surface area contributed by atoms with Gasteiger partial charge in [-0.3, -0.25) is 9.69 Å². The molecule has 8 heteroatoms. The number of amides is 1. The van der Waals surface area contributed by atoms with E-state index in [1.165, 1.54) is 0 Å². The number of likely N-dealkylation sites (N-methyl/N-ethyl adjacent to an activating group) is 1. The number of aryl methyl sites for hydroxylation is 1. The lowest BCUT2D eigenvalue weighted by atomic mass is 9.96. The van der Waals surface area contributed by atoms with E-state index in [9.17, 15) is 4.79 Å². The highest BCUT2D eigenvalue weighted by atomic mass is 16.2. The number of hydrogen-bond acceptors (Lipinski definition) is 5.